The molecule has 0 saturated heterocycles. The van der Waals surface area contributed by atoms with E-state index in [-0.39, 0.29) is 29.3 Å². The molecule has 0 aliphatic carbocycles. The zero-order valence-electron chi connectivity index (χ0n) is 13.8. The van der Waals surface area contributed by atoms with Gasteiger partial charge in [-0.15, -0.1) is 12.4 Å². The topological polar surface area (TPSA) is 92.5 Å². The Bertz CT molecular complexity index is 606. The second-order valence-electron chi connectivity index (χ2n) is 5.39. The maximum atomic E-state index is 12.4. The second-order valence-corrected chi connectivity index (χ2v) is 7.39. The van der Waals surface area contributed by atoms with Crippen molar-refractivity contribution in [3.05, 3.63) is 29.8 Å². The number of nitrogens with one attached hydrogen (secondary N) is 1. The molecule has 23 heavy (non-hydrogen) atoms. The second kappa shape index (κ2) is 9.87. The average molecular weight is 364 g/mol. The van der Waals surface area contributed by atoms with Crippen LogP contribution in [0.3, 0.4) is 0 Å². The van der Waals surface area contributed by atoms with Crippen LogP contribution in [0.1, 0.15) is 37.0 Å². The molecule has 0 atom stereocenters. The molecule has 0 aromatic heterocycles. The summed E-state index contributed by atoms with van der Waals surface area (Å²) in [5.74, 6) is -0.277. The number of carbonyl (C=O) groups is 1. The van der Waals surface area contributed by atoms with E-state index in [0.29, 0.717) is 18.7 Å². The summed E-state index contributed by atoms with van der Waals surface area (Å²) in [6.07, 6.45) is 1.64. The Labute approximate surface area is 144 Å². The van der Waals surface area contributed by atoms with Gasteiger partial charge in [0.1, 0.15) is 0 Å². The molecular formula is C15H26ClN3O3S. The van der Waals surface area contributed by atoms with E-state index in [0.717, 1.165) is 12.8 Å². The largest absolute Gasteiger partial charge is 0.352 e. The first-order valence-electron chi connectivity index (χ1n) is 7.37. The molecule has 0 radical (unpaired) electrons. The molecule has 0 aliphatic rings. The lowest BCUT2D eigenvalue weighted by atomic mass is 10.2. The highest BCUT2D eigenvalue weighted by Gasteiger charge is 2.23. The predicted molar refractivity (Wildman–Crippen MR) is 94.4 cm³/mol. The standard InChI is InChI=1S/C15H25N3O3S.ClH/c1-12(2)18(3)22(20,21)14-8-6-7-13(11-14)15(19)17-10-5-4-9-16;/h6-8,11-12H,4-5,9-10,16H2,1-3H3,(H,17,19);1H. The highest BCUT2D eigenvalue weighted by Crippen LogP contribution is 2.17. The van der Waals surface area contributed by atoms with E-state index in [2.05, 4.69) is 5.32 Å². The van der Waals surface area contributed by atoms with Crippen LogP contribution in [-0.4, -0.2) is 44.8 Å². The fraction of sp³-hybridized carbons (Fsp3) is 0.533. The summed E-state index contributed by atoms with van der Waals surface area (Å²) in [6.45, 7) is 4.71. The summed E-state index contributed by atoms with van der Waals surface area (Å²) in [4.78, 5) is 12.2. The Morgan fingerprint density at radius 2 is 1.96 bits per heavy atom. The van der Waals surface area contributed by atoms with Crippen LogP contribution in [0.15, 0.2) is 29.2 Å². The Hall–Kier alpha value is -1.15. The lowest BCUT2D eigenvalue weighted by molar-refractivity contribution is 0.0953. The van der Waals surface area contributed by atoms with E-state index in [4.69, 9.17) is 5.73 Å². The van der Waals surface area contributed by atoms with Gasteiger partial charge in [-0.25, -0.2) is 8.42 Å². The quantitative estimate of drug-likeness (QED) is 0.686. The number of halogens is 1. The molecule has 1 aromatic carbocycles. The van der Waals surface area contributed by atoms with Crippen molar-refractivity contribution >= 4 is 28.3 Å². The SMILES string of the molecule is CC(C)N(C)S(=O)(=O)c1cccc(C(=O)NCCCCN)c1.Cl. The molecule has 0 bridgehead atoms. The van der Waals surface area contributed by atoms with Gasteiger partial charge < -0.3 is 11.1 Å². The van der Waals surface area contributed by atoms with E-state index in [9.17, 15) is 13.2 Å². The number of carbonyl (C=O) groups excluding carboxylic acids is 1. The van der Waals surface area contributed by atoms with E-state index in [1.807, 2.05) is 0 Å². The molecular weight excluding hydrogens is 338 g/mol. The minimum atomic E-state index is -3.59. The van der Waals surface area contributed by atoms with Gasteiger partial charge >= 0.3 is 0 Å². The molecule has 0 spiro atoms. The number of benzene rings is 1. The summed E-state index contributed by atoms with van der Waals surface area (Å²) >= 11 is 0. The summed E-state index contributed by atoms with van der Waals surface area (Å²) in [5.41, 5.74) is 5.73. The minimum absolute atomic E-state index is 0. The number of amides is 1. The number of rotatable bonds is 8. The molecule has 1 rings (SSSR count). The van der Waals surface area contributed by atoms with Crippen molar-refractivity contribution in [3.8, 4) is 0 Å². The fourth-order valence-corrected chi connectivity index (χ4v) is 3.23. The van der Waals surface area contributed by atoms with E-state index >= 15 is 0 Å². The van der Waals surface area contributed by atoms with Gasteiger partial charge in [0.15, 0.2) is 0 Å². The molecule has 0 unspecified atom stereocenters. The average Bonchev–Trinajstić information content (AvgIpc) is 2.50. The number of hydrogen-bond donors (Lipinski definition) is 2. The minimum Gasteiger partial charge on any atom is -0.352 e. The van der Waals surface area contributed by atoms with Crippen LogP contribution in [0.25, 0.3) is 0 Å². The Balaban J connectivity index is 0.00000484. The number of unbranched alkanes of at least 4 members (excludes halogenated alkanes) is 1. The third-order valence-electron chi connectivity index (χ3n) is 3.42. The van der Waals surface area contributed by atoms with Gasteiger partial charge in [-0.05, 0) is 51.4 Å². The molecule has 0 saturated carbocycles. The first-order chi connectivity index (χ1) is 10.3. The van der Waals surface area contributed by atoms with Crippen molar-refractivity contribution in [1.82, 2.24) is 9.62 Å². The maximum Gasteiger partial charge on any atom is 0.251 e. The van der Waals surface area contributed by atoms with Crippen molar-refractivity contribution in [1.29, 1.82) is 0 Å². The molecule has 0 aliphatic heterocycles. The van der Waals surface area contributed by atoms with Crippen LogP contribution in [-0.2, 0) is 10.0 Å². The smallest absolute Gasteiger partial charge is 0.251 e. The molecule has 1 amide bonds. The van der Waals surface area contributed by atoms with E-state index in [1.54, 1.807) is 26.0 Å². The third kappa shape index (κ3) is 6.10. The number of nitrogens with two attached hydrogens (primary N) is 1. The van der Waals surface area contributed by atoms with Crippen molar-refractivity contribution in [3.63, 3.8) is 0 Å². The van der Waals surface area contributed by atoms with Gasteiger partial charge in [0.05, 0.1) is 4.90 Å². The molecule has 3 N–H and O–H groups in total. The van der Waals surface area contributed by atoms with Crippen LogP contribution in [0, 0.1) is 0 Å². The third-order valence-corrected chi connectivity index (χ3v) is 5.45. The van der Waals surface area contributed by atoms with Gasteiger partial charge in [-0.3, -0.25) is 4.79 Å². The monoisotopic (exact) mass is 363 g/mol. The first-order valence-corrected chi connectivity index (χ1v) is 8.81. The summed E-state index contributed by atoms with van der Waals surface area (Å²) in [5, 5.41) is 2.76. The van der Waals surface area contributed by atoms with Gasteiger partial charge in [0.2, 0.25) is 10.0 Å². The normalized spacial score (nSPS) is 11.4. The predicted octanol–water partition coefficient (Wildman–Crippen LogP) is 1.61. The van der Waals surface area contributed by atoms with Gasteiger partial charge in [0, 0.05) is 25.2 Å². The molecule has 0 heterocycles. The lowest BCUT2D eigenvalue weighted by Crippen LogP contribution is -2.33. The Kier molecular flexibility index (Phi) is 9.38. The van der Waals surface area contributed by atoms with Crippen molar-refractivity contribution < 1.29 is 13.2 Å². The zero-order chi connectivity index (χ0) is 16.8. The van der Waals surface area contributed by atoms with Gasteiger partial charge in [-0.1, -0.05) is 6.07 Å². The van der Waals surface area contributed by atoms with Gasteiger partial charge in [0.25, 0.3) is 5.91 Å². The van der Waals surface area contributed by atoms with Crippen molar-refractivity contribution in [2.24, 2.45) is 5.73 Å². The zero-order valence-corrected chi connectivity index (χ0v) is 15.4. The Morgan fingerprint density at radius 3 is 2.52 bits per heavy atom. The lowest BCUT2D eigenvalue weighted by Gasteiger charge is -2.21. The maximum absolute atomic E-state index is 12.4. The van der Waals surface area contributed by atoms with Crippen LogP contribution < -0.4 is 11.1 Å². The van der Waals surface area contributed by atoms with Crippen LogP contribution in [0.4, 0.5) is 0 Å². The molecule has 132 valence electrons. The van der Waals surface area contributed by atoms with Gasteiger partial charge in [-0.2, -0.15) is 4.31 Å². The number of nitrogens with zero attached hydrogens (tertiary/aromatic N) is 1. The number of sulfonamides is 1. The summed E-state index contributed by atoms with van der Waals surface area (Å²) in [7, 11) is -2.06. The van der Waals surface area contributed by atoms with Crippen molar-refractivity contribution in [2.75, 3.05) is 20.1 Å². The molecule has 8 heteroatoms. The first kappa shape index (κ1) is 21.9. The highest BCUT2D eigenvalue weighted by atomic mass is 35.5. The summed E-state index contributed by atoms with van der Waals surface area (Å²) in [6, 6.07) is 5.94. The van der Waals surface area contributed by atoms with E-state index < -0.39 is 10.0 Å². The number of hydrogen-bond acceptors (Lipinski definition) is 4. The highest BCUT2D eigenvalue weighted by molar-refractivity contribution is 7.89. The van der Waals surface area contributed by atoms with Crippen LogP contribution >= 0.6 is 12.4 Å². The fourth-order valence-electron chi connectivity index (χ4n) is 1.81. The van der Waals surface area contributed by atoms with E-state index in [1.165, 1.54) is 23.5 Å². The summed E-state index contributed by atoms with van der Waals surface area (Å²) < 4.78 is 26.1. The van der Waals surface area contributed by atoms with Crippen LogP contribution in [0.5, 0.6) is 0 Å². The van der Waals surface area contributed by atoms with Crippen molar-refractivity contribution in [2.45, 2.75) is 37.6 Å². The molecule has 0 fully saturated rings. The molecule has 6 nitrogen and oxygen atoms in total. The molecule has 1 aromatic rings. The van der Waals surface area contributed by atoms with Crippen LogP contribution in [0.2, 0.25) is 0 Å². The Morgan fingerprint density at radius 1 is 1.30 bits per heavy atom.